The van der Waals surface area contributed by atoms with Crippen molar-refractivity contribution in [3.63, 3.8) is 0 Å². The summed E-state index contributed by atoms with van der Waals surface area (Å²) in [6.07, 6.45) is 6.20. The molecule has 1 aliphatic carbocycles. The monoisotopic (exact) mass is 240 g/mol. The van der Waals surface area contributed by atoms with Crippen LogP contribution in [0.4, 0.5) is 0 Å². The minimum absolute atomic E-state index is 0.321. The first-order chi connectivity index (χ1) is 8.70. The van der Waals surface area contributed by atoms with Gasteiger partial charge in [0.05, 0.1) is 24.3 Å². The second-order valence-electron chi connectivity index (χ2n) is 4.88. The quantitative estimate of drug-likeness (QED) is 0.649. The van der Waals surface area contributed by atoms with Crippen LogP contribution in [0.15, 0.2) is 0 Å². The van der Waals surface area contributed by atoms with Crippen LogP contribution in [0.3, 0.4) is 0 Å². The van der Waals surface area contributed by atoms with Gasteiger partial charge in [0, 0.05) is 0 Å². The zero-order valence-corrected chi connectivity index (χ0v) is 10.4. The molecule has 1 fully saturated rings. The van der Waals surface area contributed by atoms with Gasteiger partial charge in [-0.2, -0.15) is 21.0 Å². The zero-order valence-electron chi connectivity index (χ0n) is 10.4. The Labute approximate surface area is 108 Å². The molecule has 0 N–H and O–H groups in total. The van der Waals surface area contributed by atoms with Gasteiger partial charge in [-0.05, 0) is 12.8 Å². The molecule has 92 valence electrons. The lowest BCUT2D eigenvalue weighted by molar-refractivity contribution is 0.239. The molecule has 0 bridgehead atoms. The largest absolute Gasteiger partial charge is 0.196 e. The second kappa shape index (κ2) is 6.05. The predicted molar refractivity (Wildman–Crippen MR) is 64.3 cm³/mol. The summed E-state index contributed by atoms with van der Waals surface area (Å²) in [6, 6.07) is 7.88. The Hall–Kier alpha value is -2.04. The van der Waals surface area contributed by atoms with Crippen molar-refractivity contribution in [3.8, 4) is 24.3 Å². The van der Waals surface area contributed by atoms with E-state index in [1.807, 2.05) is 24.3 Å². The number of hydrogen-bond donors (Lipinski definition) is 0. The van der Waals surface area contributed by atoms with Crippen molar-refractivity contribution in [2.45, 2.75) is 51.4 Å². The lowest BCUT2D eigenvalue weighted by Crippen LogP contribution is -2.38. The van der Waals surface area contributed by atoms with E-state index in [0.717, 1.165) is 38.5 Å². The van der Waals surface area contributed by atoms with E-state index in [1.165, 1.54) is 0 Å². The number of hydrogen-bond acceptors (Lipinski definition) is 4. The third-order valence-corrected chi connectivity index (χ3v) is 3.85. The molecular formula is C14H16N4. The average Bonchev–Trinajstić information content (AvgIpc) is 2.43. The van der Waals surface area contributed by atoms with Gasteiger partial charge in [-0.3, -0.25) is 0 Å². The third kappa shape index (κ3) is 2.30. The highest BCUT2D eigenvalue weighted by molar-refractivity contribution is 5.34. The summed E-state index contributed by atoms with van der Waals surface area (Å²) in [5.74, 6) is 0. The molecule has 0 atom stereocenters. The van der Waals surface area contributed by atoms with Crippen LogP contribution in [0.1, 0.15) is 51.4 Å². The Balaban J connectivity index is 3.19. The van der Waals surface area contributed by atoms with Gasteiger partial charge in [0.2, 0.25) is 0 Å². The molecule has 0 aliphatic heterocycles. The molecule has 0 amide bonds. The van der Waals surface area contributed by atoms with Crippen molar-refractivity contribution < 1.29 is 0 Å². The van der Waals surface area contributed by atoms with Gasteiger partial charge in [-0.25, -0.2) is 0 Å². The van der Waals surface area contributed by atoms with Crippen LogP contribution in [0.5, 0.6) is 0 Å². The van der Waals surface area contributed by atoms with Crippen LogP contribution in [-0.4, -0.2) is 0 Å². The van der Waals surface area contributed by atoms with Crippen molar-refractivity contribution in [1.82, 2.24) is 0 Å². The molecule has 0 spiro atoms. The summed E-state index contributed by atoms with van der Waals surface area (Å²) in [5.41, 5.74) is -2.96. The molecule has 1 aliphatic rings. The zero-order chi connectivity index (χ0) is 13.5. The summed E-state index contributed by atoms with van der Waals surface area (Å²) in [5, 5.41) is 37.4. The maximum atomic E-state index is 9.34. The van der Waals surface area contributed by atoms with Crippen LogP contribution in [-0.2, 0) is 0 Å². The Bertz CT molecular complexity index is 380. The van der Waals surface area contributed by atoms with Crippen molar-refractivity contribution in [2.24, 2.45) is 10.8 Å². The van der Waals surface area contributed by atoms with Crippen LogP contribution in [0.25, 0.3) is 0 Å². The van der Waals surface area contributed by atoms with Crippen LogP contribution in [0.2, 0.25) is 0 Å². The molecule has 18 heavy (non-hydrogen) atoms. The smallest absolute Gasteiger partial charge is 0.175 e. The normalized spacial score (nSPS) is 22.4. The summed E-state index contributed by atoms with van der Waals surface area (Å²) in [7, 11) is 0. The van der Waals surface area contributed by atoms with Crippen molar-refractivity contribution >= 4 is 0 Å². The first kappa shape index (κ1) is 14.0. The standard InChI is InChI=1S/C14H16N4/c15-9-13(10-16)7-5-3-1-2-4-6-8-14(13,11-17)12-18/h1-8H2. The van der Waals surface area contributed by atoms with E-state index in [-0.39, 0.29) is 0 Å². The van der Waals surface area contributed by atoms with Crippen LogP contribution >= 0.6 is 0 Å². The van der Waals surface area contributed by atoms with Gasteiger partial charge < -0.3 is 0 Å². The molecule has 1 rings (SSSR count). The SMILES string of the molecule is N#CC1(C#N)CCCCCCCCC1(C#N)C#N. The van der Waals surface area contributed by atoms with Gasteiger partial charge in [0.25, 0.3) is 0 Å². The van der Waals surface area contributed by atoms with E-state index in [0.29, 0.717) is 12.8 Å². The van der Waals surface area contributed by atoms with E-state index >= 15 is 0 Å². The van der Waals surface area contributed by atoms with E-state index in [2.05, 4.69) is 0 Å². The van der Waals surface area contributed by atoms with Crippen molar-refractivity contribution in [3.05, 3.63) is 0 Å². The third-order valence-electron chi connectivity index (χ3n) is 3.85. The summed E-state index contributed by atoms with van der Waals surface area (Å²) >= 11 is 0. The molecular weight excluding hydrogens is 224 g/mol. The summed E-state index contributed by atoms with van der Waals surface area (Å²) < 4.78 is 0. The second-order valence-corrected chi connectivity index (χ2v) is 4.88. The molecule has 0 unspecified atom stereocenters. The fourth-order valence-electron chi connectivity index (χ4n) is 2.57. The van der Waals surface area contributed by atoms with Gasteiger partial charge >= 0.3 is 0 Å². The molecule has 4 heteroatoms. The van der Waals surface area contributed by atoms with Gasteiger partial charge in [0.15, 0.2) is 10.8 Å². The summed E-state index contributed by atoms with van der Waals surface area (Å²) in [6.45, 7) is 0. The fourth-order valence-corrected chi connectivity index (χ4v) is 2.57. The first-order valence-corrected chi connectivity index (χ1v) is 6.35. The molecule has 0 aromatic heterocycles. The van der Waals surface area contributed by atoms with Gasteiger partial charge in [0.1, 0.15) is 0 Å². The average molecular weight is 240 g/mol. The maximum Gasteiger partial charge on any atom is 0.175 e. The molecule has 0 radical (unpaired) electrons. The van der Waals surface area contributed by atoms with Gasteiger partial charge in [-0.15, -0.1) is 0 Å². The lowest BCUT2D eigenvalue weighted by Gasteiger charge is -2.31. The number of nitrogens with zero attached hydrogens (tertiary/aromatic N) is 4. The fraction of sp³-hybridized carbons (Fsp3) is 0.714. The lowest BCUT2D eigenvalue weighted by atomic mass is 9.61. The van der Waals surface area contributed by atoms with Crippen molar-refractivity contribution in [2.75, 3.05) is 0 Å². The molecule has 1 saturated carbocycles. The highest BCUT2D eigenvalue weighted by Crippen LogP contribution is 2.46. The minimum atomic E-state index is -1.48. The Kier molecular flexibility index (Phi) is 4.71. The molecule has 0 aromatic rings. The van der Waals surface area contributed by atoms with E-state index in [9.17, 15) is 21.0 Å². The van der Waals surface area contributed by atoms with Crippen LogP contribution in [0, 0.1) is 56.2 Å². The Morgan fingerprint density at radius 2 is 0.778 bits per heavy atom. The van der Waals surface area contributed by atoms with Gasteiger partial charge in [-0.1, -0.05) is 38.5 Å². The van der Waals surface area contributed by atoms with E-state index in [4.69, 9.17) is 0 Å². The van der Waals surface area contributed by atoms with E-state index in [1.54, 1.807) is 0 Å². The summed E-state index contributed by atoms with van der Waals surface area (Å²) in [4.78, 5) is 0. The van der Waals surface area contributed by atoms with Crippen molar-refractivity contribution in [1.29, 1.82) is 21.0 Å². The van der Waals surface area contributed by atoms with E-state index < -0.39 is 10.8 Å². The first-order valence-electron chi connectivity index (χ1n) is 6.35. The highest BCUT2D eigenvalue weighted by atomic mass is 14.6. The Morgan fingerprint density at radius 1 is 0.500 bits per heavy atom. The van der Waals surface area contributed by atoms with Crippen LogP contribution < -0.4 is 0 Å². The highest BCUT2D eigenvalue weighted by Gasteiger charge is 2.53. The number of nitriles is 4. The molecule has 0 aromatic carbocycles. The Morgan fingerprint density at radius 3 is 1.06 bits per heavy atom. The molecule has 0 saturated heterocycles. The predicted octanol–water partition coefficient (Wildman–Crippen LogP) is 3.19. The maximum absolute atomic E-state index is 9.34. The molecule has 4 nitrogen and oxygen atoms in total. The molecule has 0 heterocycles. The number of rotatable bonds is 0. The topological polar surface area (TPSA) is 95.2 Å². The minimum Gasteiger partial charge on any atom is -0.196 e.